The highest BCUT2D eigenvalue weighted by molar-refractivity contribution is 4.82. The largest absolute Gasteiger partial charge is 0.390 e. The second-order valence-corrected chi connectivity index (χ2v) is 2.08. The standard InChI is InChI=1S/C5H10O2/c1-5(2,3-6)4-7/h3-4,6-7H,1-2H3. The predicted molar refractivity (Wildman–Crippen MR) is 26.3 cm³/mol. The van der Waals surface area contributed by atoms with E-state index in [0.29, 0.717) is 0 Å². The molecule has 0 bridgehead atoms. The molecule has 0 heterocycles. The Balaban J connectivity index is 3.36. The van der Waals surface area contributed by atoms with Crippen molar-refractivity contribution in [3.63, 3.8) is 0 Å². The van der Waals surface area contributed by atoms with Crippen LogP contribution in [0.5, 0.6) is 0 Å². The third-order valence-electron chi connectivity index (χ3n) is 0.665. The van der Waals surface area contributed by atoms with Gasteiger partial charge in [-0.2, -0.15) is 0 Å². The number of aliphatic hydroxyl groups excluding tert-OH is 2. The van der Waals surface area contributed by atoms with Crippen LogP contribution in [0.3, 0.4) is 0 Å². The minimum absolute atomic E-state index is 0.556. The van der Waals surface area contributed by atoms with Gasteiger partial charge in [0.15, 0.2) is 0 Å². The van der Waals surface area contributed by atoms with Crippen LogP contribution in [0, 0.1) is 18.6 Å². The van der Waals surface area contributed by atoms with Gasteiger partial charge in [0, 0.05) is 5.41 Å². The summed E-state index contributed by atoms with van der Waals surface area (Å²) in [5.74, 6) is 0. The molecule has 2 N–H and O–H groups in total. The Morgan fingerprint density at radius 1 is 1.14 bits per heavy atom. The van der Waals surface area contributed by atoms with Crippen molar-refractivity contribution in [1.82, 2.24) is 0 Å². The van der Waals surface area contributed by atoms with Gasteiger partial charge >= 0.3 is 0 Å². The third-order valence-corrected chi connectivity index (χ3v) is 0.665. The maximum absolute atomic E-state index is 8.28. The SMILES string of the molecule is CC(C)([CH]O)[CH]O. The van der Waals surface area contributed by atoms with Gasteiger partial charge in [-0.3, -0.25) is 0 Å². The maximum atomic E-state index is 8.28. The van der Waals surface area contributed by atoms with Crippen LogP contribution in [0.4, 0.5) is 0 Å². The molecule has 2 heteroatoms. The van der Waals surface area contributed by atoms with Gasteiger partial charge < -0.3 is 10.2 Å². The quantitative estimate of drug-likeness (QED) is 0.547. The van der Waals surface area contributed by atoms with E-state index in [2.05, 4.69) is 0 Å². The number of rotatable bonds is 2. The number of aliphatic hydroxyl groups is 2. The zero-order valence-electron chi connectivity index (χ0n) is 4.55. The molecular weight excluding hydrogens is 92.1 g/mol. The molecule has 0 unspecified atom stereocenters. The lowest BCUT2D eigenvalue weighted by Crippen LogP contribution is -2.11. The molecule has 0 amide bonds. The lowest BCUT2D eigenvalue weighted by molar-refractivity contribution is 0.196. The summed E-state index contributed by atoms with van der Waals surface area (Å²) in [6.45, 7) is 5.25. The molecule has 0 saturated carbocycles. The van der Waals surface area contributed by atoms with E-state index in [0.717, 1.165) is 13.2 Å². The summed E-state index contributed by atoms with van der Waals surface area (Å²) in [4.78, 5) is 0. The van der Waals surface area contributed by atoms with Gasteiger partial charge in [0.2, 0.25) is 0 Å². The molecule has 0 aromatic rings. The molecule has 0 aromatic carbocycles. The first-order valence-corrected chi connectivity index (χ1v) is 2.09. The molecule has 0 aromatic heterocycles. The van der Waals surface area contributed by atoms with E-state index in [1.807, 2.05) is 0 Å². The molecule has 0 aliphatic rings. The Morgan fingerprint density at radius 3 is 1.43 bits per heavy atom. The third kappa shape index (κ3) is 2.60. The van der Waals surface area contributed by atoms with Crippen molar-refractivity contribution in [2.45, 2.75) is 13.8 Å². The highest BCUT2D eigenvalue weighted by Crippen LogP contribution is 2.18. The summed E-state index contributed by atoms with van der Waals surface area (Å²) >= 11 is 0. The molecule has 0 fully saturated rings. The zero-order valence-corrected chi connectivity index (χ0v) is 4.55. The highest BCUT2D eigenvalue weighted by Gasteiger charge is 2.14. The first kappa shape index (κ1) is 6.92. The van der Waals surface area contributed by atoms with Gasteiger partial charge in [-0.05, 0) is 0 Å². The Bertz CT molecular complexity index is 44.0. The van der Waals surface area contributed by atoms with Crippen molar-refractivity contribution in [2.24, 2.45) is 5.41 Å². The Hall–Kier alpha value is -0.0800. The molecule has 7 heavy (non-hydrogen) atoms. The minimum atomic E-state index is -0.556. The minimum Gasteiger partial charge on any atom is -0.390 e. The van der Waals surface area contributed by atoms with Crippen LogP contribution in [-0.2, 0) is 0 Å². The van der Waals surface area contributed by atoms with Crippen LogP contribution < -0.4 is 0 Å². The van der Waals surface area contributed by atoms with E-state index < -0.39 is 5.41 Å². The molecule has 0 saturated heterocycles. The van der Waals surface area contributed by atoms with Crippen molar-refractivity contribution in [3.8, 4) is 0 Å². The van der Waals surface area contributed by atoms with Crippen LogP contribution in [0.1, 0.15) is 13.8 Å². The average Bonchev–Trinajstić information content (AvgIpc) is 1.68. The predicted octanol–water partition coefficient (Wildman–Crippen LogP) is 1.08. The average molecular weight is 102 g/mol. The molecule has 2 radical (unpaired) electrons. The fourth-order valence-electron chi connectivity index (χ4n) is 0.0333. The second kappa shape index (κ2) is 2.28. The van der Waals surface area contributed by atoms with Crippen LogP contribution in [0.15, 0.2) is 0 Å². The highest BCUT2D eigenvalue weighted by atomic mass is 16.3. The van der Waals surface area contributed by atoms with E-state index >= 15 is 0 Å². The number of hydrogen-bond acceptors (Lipinski definition) is 2. The van der Waals surface area contributed by atoms with Gasteiger partial charge in [0.05, 0.1) is 13.2 Å². The summed E-state index contributed by atoms with van der Waals surface area (Å²) in [5.41, 5.74) is -0.556. The fourth-order valence-corrected chi connectivity index (χ4v) is 0.0333. The van der Waals surface area contributed by atoms with Crippen molar-refractivity contribution in [1.29, 1.82) is 0 Å². The summed E-state index contributed by atoms with van der Waals surface area (Å²) < 4.78 is 0. The van der Waals surface area contributed by atoms with Gasteiger partial charge in [-0.25, -0.2) is 0 Å². The van der Waals surface area contributed by atoms with Crippen molar-refractivity contribution in [3.05, 3.63) is 13.2 Å². The monoisotopic (exact) mass is 102 g/mol. The lowest BCUT2D eigenvalue weighted by Gasteiger charge is -2.14. The van der Waals surface area contributed by atoms with E-state index in [-0.39, 0.29) is 0 Å². The van der Waals surface area contributed by atoms with Crippen LogP contribution in [0.25, 0.3) is 0 Å². The fraction of sp³-hybridized carbons (Fsp3) is 0.600. The van der Waals surface area contributed by atoms with E-state index in [1.54, 1.807) is 13.8 Å². The number of hydrogen-bond donors (Lipinski definition) is 2. The van der Waals surface area contributed by atoms with Crippen LogP contribution in [-0.4, -0.2) is 10.2 Å². The van der Waals surface area contributed by atoms with Gasteiger partial charge in [-0.15, -0.1) is 0 Å². The molecular formula is C5H10O2. The van der Waals surface area contributed by atoms with Crippen molar-refractivity contribution in [2.75, 3.05) is 0 Å². The lowest BCUT2D eigenvalue weighted by atomic mass is 9.97. The summed E-state index contributed by atoms with van der Waals surface area (Å²) in [6.07, 6.45) is 0. The molecule has 0 aliphatic carbocycles. The molecule has 0 rings (SSSR count). The van der Waals surface area contributed by atoms with Gasteiger partial charge in [0.25, 0.3) is 0 Å². The Morgan fingerprint density at radius 2 is 1.43 bits per heavy atom. The molecule has 42 valence electrons. The molecule has 2 nitrogen and oxygen atoms in total. The summed E-state index contributed by atoms with van der Waals surface area (Å²) in [6, 6.07) is 0. The van der Waals surface area contributed by atoms with E-state index in [1.165, 1.54) is 0 Å². The summed E-state index contributed by atoms with van der Waals surface area (Å²) in [5, 5.41) is 16.6. The van der Waals surface area contributed by atoms with Gasteiger partial charge in [-0.1, -0.05) is 13.8 Å². The first-order valence-electron chi connectivity index (χ1n) is 2.09. The van der Waals surface area contributed by atoms with E-state index in [9.17, 15) is 0 Å². The Kier molecular flexibility index (Phi) is 2.26. The molecule has 0 atom stereocenters. The smallest absolute Gasteiger partial charge is 0.0881 e. The van der Waals surface area contributed by atoms with Gasteiger partial charge in [0.1, 0.15) is 0 Å². The Labute approximate surface area is 43.8 Å². The zero-order chi connectivity index (χ0) is 5.91. The molecule has 0 aliphatic heterocycles. The van der Waals surface area contributed by atoms with Crippen LogP contribution in [0.2, 0.25) is 0 Å². The first-order chi connectivity index (χ1) is 3.12. The topological polar surface area (TPSA) is 40.5 Å². The normalized spacial score (nSPS) is 12.0. The van der Waals surface area contributed by atoms with Crippen LogP contribution >= 0.6 is 0 Å². The maximum Gasteiger partial charge on any atom is 0.0881 e. The molecule has 0 spiro atoms. The van der Waals surface area contributed by atoms with E-state index in [4.69, 9.17) is 10.2 Å². The van der Waals surface area contributed by atoms with Crippen molar-refractivity contribution >= 4 is 0 Å². The summed E-state index contributed by atoms with van der Waals surface area (Å²) in [7, 11) is 0. The van der Waals surface area contributed by atoms with Crippen molar-refractivity contribution < 1.29 is 10.2 Å². The second-order valence-electron chi connectivity index (χ2n) is 2.08.